The van der Waals surface area contributed by atoms with Crippen LogP contribution in [0.4, 0.5) is 0 Å². The molecule has 2 nitrogen and oxygen atoms in total. The SMILES string of the molecule is O/C(=C\N=Cc1ccccc1)c1ccccc1. The largest absolute Gasteiger partial charge is 0.506 e. The molecule has 0 spiro atoms. The van der Waals surface area contributed by atoms with Gasteiger partial charge in [0.05, 0.1) is 6.20 Å². The molecule has 2 aromatic carbocycles. The van der Waals surface area contributed by atoms with Gasteiger partial charge in [0.1, 0.15) is 5.76 Å². The van der Waals surface area contributed by atoms with E-state index in [2.05, 4.69) is 4.99 Å². The van der Waals surface area contributed by atoms with Crippen LogP contribution in [0.5, 0.6) is 0 Å². The Bertz CT molecular complexity index is 515. The highest BCUT2D eigenvalue weighted by Gasteiger charge is 1.94. The van der Waals surface area contributed by atoms with Gasteiger partial charge in [-0.2, -0.15) is 0 Å². The van der Waals surface area contributed by atoms with Crippen molar-refractivity contribution in [3.8, 4) is 0 Å². The third kappa shape index (κ3) is 3.31. The van der Waals surface area contributed by atoms with Crippen LogP contribution in [0.3, 0.4) is 0 Å². The van der Waals surface area contributed by atoms with Gasteiger partial charge in [-0.25, -0.2) is 0 Å². The molecule has 0 saturated carbocycles. The van der Waals surface area contributed by atoms with E-state index in [1.54, 1.807) is 6.21 Å². The van der Waals surface area contributed by atoms with Crippen molar-refractivity contribution < 1.29 is 5.11 Å². The van der Waals surface area contributed by atoms with E-state index >= 15 is 0 Å². The quantitative estimate of drug-likeness (QED) is 0.625. The van der Waals surface area contributed by atoms with Gasteiger partial charge in [0.2, 0.25) is 0 Å². The predicted octanol–water partition coefficient (Wildman–Crippen LogP) is 3.66. The van der Waals surface area contributed by atoms with Crippen molar-refractivity contribution in [2.45, 2.75) is 0 Å². The zero-order valence-corrected chi connectivity index (χ0v) is 9.32. The van der Waals surface area contributed by atoms with E-state index in [-0.39, 0.29) is 5.76 Å². The molecule has 1 N–H and O–H groups in total. The molecular formula is C15H13NO. The first-order chi connectivity index (χ1) is 8.36. The summed E-state index contributed by atoms with van der Waals surface area (Å²) in [5.74, 6) is 0.165. The maximum atomic E-state index is 9.75. The molecule has 0 saturated heterocycles. The Balaban J connectivity index is 2.09. The molecule has 2 rings (SSSR count). The standard InChI is InChI=1S/C15H13NO/c17-15(14-9-5-2-6-10-14)12-16-11-13-7-3-1-4-8-13/h1-12,17H/b15-12-,16-11?. The minimum absolute atomic E-state index is 0.165. The third-order valence-electron chi connectivity index (χ3n) is 2.29. The molecule has 0 aliphatic rings. The van der Waals surface area contributed by atoms with E-state index in [1.807, 2.05) is 60.7 Å². The number of benzene rings is 2. The number of aliphatic hydroxyl groups excluding tert-OH is 1. The molecule has 2 heteroatoms. The highest BCUT2D eigenvalue weighted by Crippen LogP contribution is 2.09. The lowest BCUT2D eigenvalue weighted by atomic mass is 10.2. The van der Waals surface area contributed by atoms with Crippen LogP contribution in [-0.4, -0.2) is 11.3 Å². The molecule has 17 heavy (non-hydrogen) atoms. The van der Waals surface area contributed by atoms with Gasteiger partial charge >= 0.3 is 0 Å². The average Bonchev–Trinajstić information content (AvgIpc) is 2.41. The van der Waals surface area contributed by atoms with Crippen molar-refractivity contribution in [3.63, 3.8) is 0 Å². The van der Waals surface area contributed by atoms with Gasteiger partial charge in [-0.15, -0.1) is 0 Å². The van der Waals surface area contributed by atoms with E-state index in [1.165, 1.54) is 6.20 Å². The molecule has 0 amide bonds. The van der Waals surface area contributed by atoms with Crippen molar-refractivity contribution in [3.05, 3.63) is 78.0 Å². The van der Waals surface area contributed by atoms with Crippen LogP contribution in [0.2, 0.25) is 0 Å². The monoisotopic (exact) mass is 223 g/mol. The van der Waals surface area contributed by atoms with Crippen LogP contribution in [0.1, 0.15) is 11.1 Å². The number of hydrogen-bond donors (Lipinski definition) is 1. The Morgan fingerprint density at radius 2 is 1.47 bits per heavy atom. The highest BCUT2D eigenvalue weighted by molar-refractivity contribution is 5.80. The normalized spacial score (nSPS) is 11.9. The third-order valence-corrected chi connectivity index (χ3v) is 2.29. The maximum absolute atomic E-state index is 9.75. The fraction of sp³-hybridized carbons (Fsp3) is 0. The summed E-state index contributed by atoms with van der Waals surface area (Å²) in [7, 11) is 0. The smallest absolute Gasteiger partial charge is 0.141 e. The Kier molecular flexibility index (Phi) is 3.71. The van der Waals surface area contributed by atoms with Gasteiger partial charge in [0.15, 0.2) is 0 Å². The lowest BCUT2D eigenvalue weighted by molar-refractivity contribution is 0.510. The summed E-state index contributed by atoms with van der Waals surface area (Å²) in [4.78, 5) is 4.08. The number of nitrogens with zero attached hydrogens (tertiary/aromatic N) is 1. The Labute approximate surface area is 101 Å². The summed E-state index contributed by atoms with van der Waals surface area (Å²) in [6.07, 6.45) is 3.15. The zero-order valence-electron chi connectivity index (χ0n) is 9.32. The molecule has 0 heterocycles. The van der Waals surface area contributed by atoms with E-state index < -0.39 is 0 Å². The molecule has 0 aromatic heterocycles. The summed E-state index contributed by atoms with van der Waals surface area (Å²) in [5.41, 5.74) is 1.77. The Hall–Kier alpha value is -2.35. The van der Waals surface area contributed by atoms with Gasteiger partial charge in [-0.3, -0.25) is 4.99 Å². The molecule has 0 aliphatic heterocycles. The van der Waals surface area contributed by atoms with Crippen molar-refractivity contribution >= 4 is 12.0 Å². The summed E-state index contributed by atoms with van der Waals surface area (Å²) < 4.78 is 0. The number of aliphatic hydroxyl groups is 1. The summed E-state index contributed by atoms with van der Waals surface area (Å²) in [6.45, 7) is 0. The van der Waals surface area contributed by atoms with Gasteiger partial charge in [-0.1, -0.05) is 60.7 Å². The molecular weight excluding hydrogens is 210 g/mol. The summed E-state index contributed by atoms with van der Waals surface area (Å²) in [5, 5.41) is 9.75. The number of hydrogen-bond acceptors (Lipinski definition) is 2. The second-order valence-corrected chi connectivity index (χ2v) is 3.57. The molecule has 0 fully saturated rings. The first-order valence-electron chi connectivity index (χ1n) is 5.39. The fourth-order valence-corrected chi connectivity index (χ4v) is 1.42. The van der Waals surface area contributed by atoms with Crippen molar-refractivity contribution in [1.82, 2.24) is 0 Å². The van der Waals surface area contributed by atoms with Crippen molar-refractivity contribution in [2.24, 2.45) is 4.99 Å². The average molecular weight is 223 g/mol. The van der Waals surface area contributed by atoms with E-state index in [4.69, 9.17) is 0 Å². The van der Waals surface area contributed by atoms with Crippen molar-refractivity contribution in [1.29, 1.82) is 0 Å². The van der Waals surface area contributed by atoms with Crippen molar-refractivity contribution in [2.75, 3.05) is 0 Å². The lowest BCUT2D eigenvalue weighted by Crippen LogP contribution is -1.81. The number of rotatable bonds is 3. The minimum Gasteiger partial charge on any atom is -0.506 e. The van der Waals surface area contributed by atoms with Gasteiger partial charge in [0, 0.05) is 11.8 Å². The van der Waals surface area contributed by atoms with Crippen LogP contribution >= 0.6 is 0 Å². The lowest BCUT2D eigenvalue weighted by Gasteiger charge is -1.96. The number of aliphatic imine (C=N–C) groups is 1. The van der Waals surface area contributed by atoms with Gasteiger partial charge < -0.3 is 5.11 Å². The summed E-state index contributed by atoms with van der Waals surface area (Å²) >= 11 is 0. The van der Waals surface area contributed by atoms with Crippen LogP contribution in [0.25, 0.3) is 5.76 Å². The van der Waals surface area contributed by atoms with E-state index in [9.17, 15) is 5.11 Å². The van der Waals surface area contributed by atoms with Gasteiger partial charge in [-0.05, 0) is 5.56 Å². The van der Waals surface area contributed by atoms with E-state index in [0.29, 0.717) is 0 Å². The Morgan fingerprint density at radius 3 is 2.12 bits per heavy atom. The zero-order chi connectivity index (χ0) is 11.9. The fourth-order valence-electron chi connectivity index (χ4n) is 1.42. The first kappa shape index (κ1) is 11.1. The molecule has 84 valence electrons. The highest BCUT2D eigenvalue weighted by atomic mass is 16.3. The van der Waals surface area contributed by atoms with Crippen LogP contribution in [0.15, 0.2) is 71.9 Å². The second kappa shape index (κ2) is 5.66. The van der Waals surface area contributed by atoms with Crippen LogP contribution < -0.4 is 0 Å². The second-order valence-electron chi connectivity index (χ2n) is 3.57. The molecule has 0 bridgehead atoms. The topological polar surface area (TPSA) is 32.6 Å². The van der Waals surface area contributed by atoms with E-state index in [0.717, 1.165) is 11.1 Å². The maximum Gasteiger partial charge on any atom is 0.141 e. The van der Waals surface area contributed by atoms with Crippen LogP contribution in [-0.2, 0) is 0 Å². The molecule has 0 aliphatic carbocycles. The Morgan fingerprint density at radius 1 is 0.882 bits per heavy atom. The molecule has 0 atom stereocenters. The van der Waals surface area contributed by atoms with Gasteiger partial charge in [0.25, 0.3) is 0 Å². The minimum atomic E-state index is 0.165. The predicted molar refractivity (Wildman–Crippen MR) is 71.1 cm³/mol. The molecule has 0 unspecified atom stereocenters. The molecule has 2 aromatic rings. The molecule has 0 radical (unpaired) electrons. The first-order valence-corrected chi connectivity index (χ1v) is 5.39. The van der Waals surface area contributed by atoms with Crippen LogP contribution in [0, 0.1) is 0 Å². The summed E-state index contributed by atoms with van der Waals surface area (Å²) in [6, 6.07) is 19.1.